The molecule has 0 aliphatic heterocycles. The fourth-order valence-electron chi connectivity index (χ4n) is 2.00. The third-order valence-electron chi connectivity index (χ3n) is 2.97. The Balaban J connectivity index is 2.39. The van der Waals surface area contributed by atoms with E-state index in [0.29, 0.717) is 0 Å². The minimum atomic E-state index is 0.0701. The van der Waals surface area contributed by atoms with Crippen LogP contribution in [0.4, 0.5) is 0 Å². The monoisotopic (exact) mass is 243 g/mol. The highest BCUT2D eigenvalue weighted by Crippen LogP contribution is 2.26. The molecule has 2 rings (SSSR count). The lowest BCUT2D eigenvalue weighted by Crippen LogP contribution is -2.18. The molecule has 4 heteroatoms. The number of hydrogen-bond donors (Lipinski definition) is 1. The summed E-state index contributed by atoms with van der Waals surface area (Å²) in [6.07, 6.45) is 5.17. The first-order chi connectivity index (χ1) is 8.76. The molecule has 1 aromatic heterocycles. The standard InChI is InChI=1S/C14H17N3O/c1-10-4-5-11(6-13(10)18-3)14(15-2)12-7-16-9-17-8-12/h4-9,14-15H,1-3H3. The molecule has 0 radical (unpaired) electrons. The number of aromatic nitrogens is 2. The molecule has 1 unspecified atom stereocenters. The number of methoxy groups -OCH3 is 1. The molecule has 1 N–H and O–H groups in total. The predicted octanol–water partition coefficient (Wildman–Crippen LogP) is 2.10. The van der Waals surface area contributed by atoms with Crippen molar-refractivity contribution in [2.45, 2.75) is 13.0 Å². The average molecular weight is 243 g/mol. The third kappa shape index (κ3) is 2.49. The van der Waals surface area contributed by atoms with E-state index in [4.69, 9.17) is 4.74 Å². The normalized spacial score (nSPS) is 12.2. The zero-order chi connectivity index (χ0) is 13.0. The number of nitrogens with zero attached hydrogens (tertiary/aromatic N) is 2. The maximum Gasteiger partial charge on any atom is 0.122 e. The first-order valence-electron chi connectivity index (χ1n) is 5.83. The molecule has 0 saturated carbocycles. The molecule has 18 heavy (non-hydrogen) atoms. The van der Waals surface area contributed by atoms with Gasteiger partial charge in [0, 0.05) is 18.0 Å². The summed E-state index contributed by atoms with van der Waals surface area (Å²) in [7, 11) is 3.61. The fraction of sp³-hybridized carbons (Fsp3) is 0.286. The van der Waals surface area contributed by atoms with Gasteiger partial charge in [-0.2, -0.15) is 0 Å². The van der Waals surface area contributed by atoms with Gasteiger partial charge in [-0.1, -0.05) is 12.1 Å². The van der Waals surface area contributed by atoms with Crippen molar-refractivity contribution in [3.63, 3.8) is 0 Å². The van der Waals surface area contributed by atoms with Crippen LogP contribution in [-0.2, 0) is 0 Å². The van der Waals surface area contributed by atoms with Gasteiger partial charge >= 0.3 is 0 Å². The quantitative estimate of drug-likeness (QED) is 0.893. The van der Waals surface area contributed by atoms with Gasteiger partial charge in [-0.3, -0.25) is 0 Å². The molecular formula is C14H17N3O. The Kier molecular flexibility index (Phi) is 3.89. The van der Waals surface area contributed by atoms with Gasteiger partial charge in [-0.25, -0.2) is 9.97 Å². The van der Waals surface area contributed by atoms with Crippen LogP contribution >= 0.6 is 0 Å². The van der Waals surface area contributed by atoms with Crippen LogP contribution in [-0.4, -0.2) is 24.1 Å². The van der Waals surface area contributed by atoms with Crippen molar-refractivity contribution in [3.8, 4) is 5.75 Å². The molecule has 4 nitrogen and oxygen atoms in total. The van der Waals surface area contributed by atoms with Crippen LogP contribution in [0.1, 0.15) is 22.7 Å². The summed E-state index contributed by atoms with van der Waals surface area (Å²) in [4.78, 5) is 8.11. The maximum absolute atomic E-state index is 5.36. The zero-order valence-corrected chi connectivity index (χ0v) is 10.8. The number of benzene rings is 1. The van der Waals surface area contributed by atoms with Crippen molar-refractivity contribution in [2.75, 3.05) is 14.2 Å². The van der Waals surface area contributed by atoms with E-state index in [1.807, 2.05) is 32.4 Å². The van der Waals surface area contributed by atoms with E-state index in [2.05, 4.69) is 27.4 Å². The Labute approximate surface area is 107 Å². The second-order valence-electron chi connectivity index (χ2n) is 4.12. The molecule has 1 aromatic carbocycles. The molecule has 0 aliphatic rings. The Hall–Kier alpha value is -1.94. The van der Waals surface area contributed by atoms with E-state index in [9.17, 15) is 0 Å². The highest BCUT2D eigenvalue weighted by molar-refractivity contribution is 5.40. The van der Waals surface area contributed by atoms with Crippen molar-refractivity contribution < 1.29 is 4.74 Å². The average Bonchev–Trinajstić information content (AvgIpc) is 2.42. The molecule has 1 atom stereocenters. The van der Waals surface area contributed by atoms with Crippen LogP contribution < -0.4 is 10.1 Å². The lowest BCUT2D eigenvalue weighted by atomic mass is 10.00. The van der Waals surface area contributed by atoms with E-state index in [0.717, 1.165) is 22.4 Å². The van der Waals surface area contributed by atoms with E-state index >= 15 is 0 Å². The lowest BCUT2D eigenvalue weighted by molar-refractivity contribution is 0.410. The van der Waals surface area contributed by atoms with Gasteiger partial charge in [0.15, 0.2) is 0 Å². The largest absolute Gasteiger partial charge is 0.496 e. The second kappa shape index (κ2) is 5.60. The third-order valence-corrected chi connectivity index (χ3v) is 2.97. The minimum Gasteiger partial charge on any atom is -0.496 e. The minimum absolute atomic E-state index is 0.0701. The highest BCUT2D eigenvalue weighted by Gasteiger charge is 2.13. The topological polar surface area (TPSA) is 47.0 Å². The van der Waals surface area contributed by atoms with Crippen LogP contribution in [0.3, 0.4) is 0 Å². The van der Waals surface area contributed by atoms with Crippen molar-refractivity contribution in [1.82, 2.24) is 15.3 Å². The number of nitrogens with one attached hydrogen (secondary N) is 1. The first-order valence-corrected chi connectivity index (χ1v) is 5.83. The molecule has 1 heterocycles. The second-order valence-corrected chi connectivity index (χ2v) is 4.12. The van der Waals surface area contributed by atoms with Gasteiger partial charge in [0.2, 0.25) is 0 Å². The van der Waals surface area contributed by atoms with E-state index < -0.39 is 0 Å². The Morgan fingerprint density at radius 3 is 2.50 bits per heavy atom. The van der Waals surface area contributed by atoms with Gasteiger partial charge in [-0.05, 0) is 31.2 Å². The van der Waals surface area contributed by atoms with Crippen molar-refractivity contribution >= 4 is 0 Å². The summed E-state index contributed by atoms with van der Waals surface area (Å²) >= 11 is 0. The summed E-state index contributed by atoms with van der Waals surface area (Å²) in [5.74, 6) is 0.893. The summed E-state index contributed by atoms with van der Waals surface area (Å²) in [6.45, 7) is 2.03. The molecule has 94 valence electrons. The molecule has 2 aromatic rings. The molecular weight excluding hydrogens is 226 g/mol. The fourth-order valence-corrected chi connectivity index (χ4v) is 2.00. The summed E-state index contributed by atoms with van der Waals surface area (Å²) in [6, 6.07) is 6.26. The van der Waals surface area contributed by atoms with E-state index in [1.165, 1.54) is 6.33 Å². The number of hydrogen-bond acceptors (Lipinski definition) is 4. The van der Waals surface area contributed by atoms with Crippen LogP contribution in [0.15, 0.2) is 36.9 Å². The molecule has 0 saturated heterocycles. The Morgan fingerprint density at radius 1 is 1.17 bits per heavy atom. The molecule has 0 spiro atoms. The smallest absolute Gasteiger partial charge is 0.122 e. The number of ether oxygens (including phenoxy) is 1. The van der Waals surface area contributed by atoms with Gasteiger partial charge in [0.25, 0.3) is 0 Å². The van der Waals surface area contributed by atoms with Crippen molar-refractivity contribution in [1.29, 1.82) is 0 Å². The Bertz CT molecular complexity index is 514. The molecule has 0 aliphatic carbocycles. The van der Waals surface area contributed by atoms with Gasteiger partial charge in [0.05, 0.1) is 13.2 Å². The predicted molar refractivity (Wildman–Crippen MR) is 70.7 cm³/mol. The van der Waals surface area contributed by atoms with Gasteiger partial charge in [-0.15, -0.1) is 0 Å². The van der Waals surface area contributed by atoms with Crippen LogP contribution in [0.25, 0.3) is 0 Å². The van der Waals surface area contributed by atoms with E-state index in [-0.39, 0.29) is 6.04 Å². The highest BCUT2D eigenvalue weighted by atomic mass is 16.5. The van der Waals surface area contributed by atoms with Crippen molar-refractivity contribution in [3.05, 3.63) is 53.6 Å². The van der Waals surface area contributed by atoms with Crippen molar-refractivity contribution in [2.24, 2.45) is 0 Å². The maximum atomic E-state index is 5.36. The van der Waals surface area contributed by atoms with Gasteiger partial charge in [0.1, 0.15) is 12.1 Å². The molecule has 0 bridgehead atoms. The summed E-state index contributed by atoms with van der Waals surface area (Å²) in [5.41, 5.74) is 3.29. The zero-order valence-electron chi connectivity index (χ0n) is 10.8. The molecule has 0 amide bonds. The van der Waals surface area contributed by atoms with E-state index in [1.54, 1.807) is 7.11 Å². The lowest BCUT2D eigenvalue weighted by Gasteiger charge is -2.17. The Morgan fingerprint density at radius 2 is 1.89 bits per heavy atom. The first kappa shape index (κ1) is 12.5. The van der Waals surface area contributed by atoms with Crippen LogP contribution in [0, 0.1) is 6.92 Å². The summed E-state index contributed by atoms with van der Waals surface area (Å²) in [5, 5.41) is 3.27. The SMILES string of the molecule is CNC(c1cncnc1)c1ccc(C)c(OC)c1. The van der Waals surface area contributed by atoms with Crippen LogP contribution in [0.2, 0.25) is 0 Å². The number of rotatable bonds is 4. The number of aryl methyl sites for hydroxylation is 1. The van der Waals surface area contributed by atoms with Gasteiger partial charge < -0.3 is 10.1 Å². The van der Waals surface area contributed by atoms with Crippen LogP contribution in [0.5, 0.6) is 5.75 Å². The molecule has 0 fully saturated rings. The summed E-state index contributed by atoms with van der Waals surface area (Å²) < 4.78 is 5.36.